The van der Waals surface area contributed by atoms with Gasteiger partial charge in [0.05, 0.1) is 6.33 Å². The van der Waals surface area contributed by atoms with Gasteiger partial charge in [0.15, 0.2) is 0 Å². The standard InChI is InChI=1S/C33H33F2N3O3S/c1-38-21-36-20-29(38)19-26(24-9-13-28(35)14-10-24)17-23-4-8-25(7-3-22-5-11-27(34)12-6-22)30(18-23)32(39)37-31(33(40)41)15-16-42-2/h4-6,8-14,17-18,20-21,31H,3,7,15-16,19H2,1-2H3,(H,37,39)(H,40,41)/b26-17-/t31-/m0/s1. The van der Waals surface area contributed by atoms with Gasteiger partial charge < -0.3 is 15.0 Å². The van der Waals surface area contributed by atoms with E-state index in [9.17, 15) is 23.5 Å². The van der Waals surface area contributed by atoms with Crippen LogP contribution in [0.3, 0.4) is 0 Å². The summed E-state index contributed by atoms with van der Waals surface area (Å²) in [6, 6.07) is 17.0. The van der Waals surface area contributed by atoms with Crippen molar-refractivity contribution in [3.05, 3.63) is 124 Å². The van der Waals surface area contributed by atoms with Crippen molar-refractivity contribution in [1.82, 2.24) is 14.9 Å². The summed E-state index contributed by atoms with van der Waals surface area (Å²) in [4.78, 5) is 29.6. The summed E-state index contributed by atoms with van der Waals surface area (Å²) in [7, 11) is 1.90. The summed E-state index contributed by atoms with van der Waals surface area (Å²) in [6.45, 7) is 0. The number of nitrogens with zero attached hydrogens (tertiary/aromatic N) is 2. The minimum Gasteiger partial charge on any atom is -0.480 e. The summed E-state index contributed by atoms with van der Waals surface area (Å²) in [6.07, 6.45) is 9.21. The molecule has 0 unspecified atom stereocenters. The first-order chi connectivity index (χ1) is 20.2. The highest BCUT2D eigenvalue weighted by Gasteiger charge is 2.22. The minimum absolute atomic E-state index is 0.298. The lowest BCUT2D eigenvalue weighted by atomic mass is 9.94. The number of amides is 1. The van der Waals surface area contributed by atoms with Crippen molar-refractivity contribution in [1.29, 1.82) is 0 Å². The highest BCUT2D eigenvalue weighted by Crippen LogP contribution is 2.25. The third-order valence-corrected chi connectivity index (χ3v) is 7.68. The molecule has 3 aromatic carbocycles. The van der Waals surface area contributed by atoms with E-state index in [1.165, 1.54) is 36.0 Å². The summed E-state index contributed by atoms with van der Waals surface area (Å²) in [5.41, 5.74) is 5.46. The zero-order valence-corrected chi connectivity index (χ0v) is 24.3. The molecule has 0 fully saturated rings. The molecule has 0 aliphatic heterocycles. The van der Waals surface area contributed by atoms with Crippen LogP contribution < -0.4 is 5.32 Å². The van der Waals surface area contributed by atoms with Crippen LogP contribution in [0.15, 0.2) is 79.3 Å². The Kier molecular flexibility index (Phi) is 10.7. The molecule has 9 heteroatoms. The number of hydrogen-bond donors (Lipinski definition) is 2. The van der Waals surface area contributed by atoms with Crippen LogP contribution in [0.4, 0.5) is 8.78 Å². The van der Waals surface area contributed by atoms with E-state index in [-0.39, 0.29) is 11.6 Å². The highest BCUT2D eigenvalue weighted by atomic mass is 32.2. The Bertz CT molecular complexity index is 1550. The third kappa shape index (κ3) is 8.39. The molecule has 42 heavy (non-hydrogen) atoms. The molecule has 1 atom stereocenters. The molecule has 0 spiro atoms. The van der Waals surface area contributed by atoms with Gasteiger partial charge in [0.1, 0.15) is 17.7 Å². The first-order valence-electron chi connectivity index (χ1n) is 13.5. The van der Waals surface area contributed by atoms with Crippen LogP contribution in [0.25, 0.3) is 11.6 Å². The fraction of sp³-hybridized carbons (Fsp3) is 0.242. The summed E-state index contributed by atoms with van der Waals surface area (Å²) in [5, 5.41) is 12.4. The number of rotatable bonds is 13. The van der Waals surface area contributed by atoms with Crippen LogP contribution in [0.5, 0.6) is 0 Å². The quantitative estimate of drug-likeness (QED) is 0.181. The molecular weight excluding hydrogens is 556 g/mol. The molecule has 0 aliphatic rings. The normalized spacial score (nSPS) is 12.2. The number of carbonyl (C=O) groups is 2. The minimum atomic E-state index is -1.09. The van der Waals surface area contributed by atoms with E-state index in [1.54, 1.807) is 42.9 Å². The second-order valence-electron chi connectivity index (χ2n) is 10.0. The number of halogens is 2. The largest absolute Gasteiger partial charge is 0.480 e. The lowest BCUT2D eigenvalue weighted by Crippen LogP contribution is -2.41. The number of thioether (sulfide) groups is 1. The van der Waals surface area contributed by atoms with Crippen molar-refractivity contribution in [2.45, 2.75) is 31.7 Å². The van der Waals surface area contributed by atoms with Crippen molar-refractivity contribution in [3.8, 4) is 0 Å². The van der Waals surface area contributed by atoms with E-state index in [0.717, 1.165) is 33.5 Å². The Balaban J connectivity index is 1.71. The van der Waals surface area contributed by atoms with Crippen LogP contribution in [0.1, 0.15) is 44.7 Å². The van der Waals surface area contributed by atoms with Crippen LogP contribution in [0.2, 0.25) is 0 Å². The molecule has 1 heterocycles. The Morgan fingerprint density at radius 2 is 1.71 bits per heavy atom. The van der Waals surface area contributed by atoms with Crippen molar-refractivity contribution in [3.63, 3.8) is 0 Å². The second-order valence-corrected chi connectivity index (χ2v) is 11.0. The monoisotopic (exact) mass is 589 g/mol. The van der Waals surface area contributed by atoms with E-state index in [2.05, 4.69) is 10.3 Å². The van der Waals surface area contributed by atoms with Gasteiger partial charge in [-0.15, -0.1) is 0 Å². The molecule has 0 aliphatic carbocycles. The molecule has 0 saturated heterocycles. The van der Waals surface area contributed by atoms with Crippen LogP contribution in [-0.4, -0.2) is 44.6 Å². The number of aryl methyl sites for hydroxylation is 3. The fourth-order valence-electron chi connectivity index (χ4n) is 4.62. The van der Waals surface area contributed by atoms with Gasteiger partial charge in [-0.05, 0) is 89.4 Å². The Morgan fingerprint density at radius 1 is 1.02 bits per heavy atom. The topological polar surface area (TPSA) is 84.2 Å². The first kappa shape index (κ1) is 30.7. The van der Waals surface area contributed by atoms with E-state index >= 15 is 0 Å². The molecule has 4 aromatic rings. The smallest absolute Gasteiger partial charge is 0.326 e. The van der Waals surface area contributed by atoms with Crippen LogP contribution in [-0.2, 0) is 31.1 Å². The molecule has 0 radical (unpaired) electrons. The number of carboxylic acid groups (broad SMARTS) is 1. The van der Waals surface area contributed by atoms with E-state index in [1.807, 2.05) is 36.1 Å². The molecule has 218 valence electrons. The Morgan fingerprint density at radius 3 is 2.33 bits per heavy atom. The van der Waals surface area contributed by atoms with Gasteiger partial charge in [0, 0.05) is 30.9 Å². The highest BCUT2D eigenvalue weighted by molar-refractivity contribution is 7.98. The lowest BCUT2D eigenvalue weighted by molar-refractivity contribution is -0.139. The zero-order valence-electron chi connectivity index (χ0n) is 23.5. The SMILES string of the molecule is CSCC[C@H](NC(=O)c1cc(/C=C(/Cc2cncn2C)c2ccc(F)cc2)ccc1CCc1ccc(F)cc1)C(=O)O. The number of allylic oxidation sites excluding steroid dienone is 1. The Labute approximate surface area is 248 Å². The van der Waals surface area contributed by atoms with Crippen LogP contribution in [0, 0.1) is 11.6 Å². The molecule has 0 saturated carbocycles. The number of benzene rings is 3. The predicted molar refractivity (Wildman–Crippen MR) is 163 cm³/mol. The van der Waals surface area contributed by atoms with E-state index in [4.69, 9.17) is 0 Å². The number of imidazole rings is 1. The van der Waals surface area contributed by atoms with Gasteiger partial charge in [0.25, 0.3) is 5.91 Å². The molecule has 1 aromatic heterocycles. The number of aliphatic carboxylic acids is 1. The molecule has 1 amide bonds. The van der Waals surface area contributed by atoms with Crippen LogP contribution >= 0.6 is 11.8 Å². The summed E-state index contributed by atoms with van der Waals surface area (Å²) in [5.74, 6) is -1.62. The third-order valence-electron chi connectivity index (χ3n) is 7.03. The first-order valence-corrected chi connectivity index (χ1v) is 14.9. The number of hydrogen-bond acceptors (Lipinski definition) is 4. The number of aromatic nitrogens is 2. The maximum absolute atomic E-state index is 13.7. The second kappa shape index (κ2) is 14.6. The number of nitrogens with one attached hydrogen (secondary N) is 1. The zero-order chi connectivity index (χ0) is 30.1. The van der Waals surface area contributed by atoms with Gasteiger partial charge in [0.2, 0.25) is 0 Å². The summed E-state index contributed by atoms with van der Waals surface area (Å²) < 4.78 is 29.0. The van der Waals surface area contributed by atoms with Gasteiger partial charge >= 0.3 is 5.97 Å². The lowest BCUT2D eigenvalue weighted by Gasteiger charge is -2.17. The fourth-order valence-corrected chi connectivity index (χ4v) is 5.10. The Hall–Kier alpha value is -4.24. The van der Waals surface area contributed by atoms with Gasteiger partial charge in [-0.3, -0.25) is 4.79 Å². The predicted octanol–water partition coefficient (Wildman–Crippen LogP) is 6.20. The van der Waals surface area contributed by atoms with E-state index in [0.29, 0.717) is 37.0 Å². The number of carboxylic acids is 1. The average Bonchev–Trinajstić information content (AvgIpc) is 3.39. The van der Waals surface area contributed by atoms with Crippen molar-refractivity contribution in [2.75, 3.05) is 12.0 Å². The number of carbonyl (C=O) groups excluding carboxylic acids is 1. The molecule has 0 bridgehead atoms. The van der Waals surface area contributed by atoms with Crippen molar-refractivity contribution in [2.24, 2.45) is 7.05 Å². The van der Waals surface area contributed by atoms with Gasteiger partial charge in [-0.2, -0.15) is 11.8 Å². The van der Waals surface area contributed by atoms with Gasteiger partial charge in [-0.25, -0.2) is 18.6 Å². The molecule has 2 N–H and O–H groups in total. The van der Waals surface area contributed by atoms with Gasteiger partial charge in [-0.1, -0.05) is 42.5 Å². The van der Waals surface area contributed by atoms with Crippen molar-refractivity contribution < 1.29 is 23.5 Å². The maximum Gasteiger partial charge on any atom is 0.326 e. The average molecular weight is 590 g/mol. The maximum atomic E-state index is 13.7. The molecule has 4 rings (SSSR count). The molecular formula is C33H33F2N3O3S. The summed E-state index contributed by atoms with van der Waals surface area (Å²) >= 11 is 1.51. The van der Waals surface area contributed by atoms with E-state index < -0.39 is 17.9 Å². The van der Waals surface area contributed by atoms with Crippen molar-refractivity contribution >= 4 is 35.3 Å². The molecule has 6 nitrogen and oxygen atoms in total.